The van der Waals surface area contributed by atoms with Gasteiger partial charge in [0.05, 0.1) is 13.2 Å². The van der Waals surface area contributed by atoms with Crippen LogP contribution in [0.4, 0.5) is 0 Å². The molecule has 1 aromatic heterocycles. The number of nitrogens with zero attached hydrogens (tertiary/aromatic N) is 1. The molecule has 0 aliphatic heterocycles. The largest absolute Gasteiger partial charge is 0.378 e. The molecule has 4 nitrogen and oxygen atoms in total. The molecule has 0 saturated heterocycles. The number of aryl methyl sites for hydroxylation is 1. The highest BCUT2D eigenvalue weighted by molar-refractivity contribution is 6.17. The fraction of sp³-hybridized carbons (Fsp3) is 0.455. The second kappa shape index (κ2) is 7.19. The SMILES string of the molecule is Cc1cccnc1C(=O)NCCOCCCl. The quantitative estimate of drug-likeness (QED) is 0.606. The lowest BCUT2D eigenvalue weighted by molar-refractivity contribution is 0.0918. The van der Waals surface area contributed by atoms with E-state index >= 15 is 0 Å². The summed E-state index contributed by atoms with van der Waals surface area (Å²) in [5.74, 6) is 0.292. The van der Waals surface area contributed by atoms with Crippen LogP contribution in [0.5, 0.6) is 0 Å². The average Bonchev–Trinajstić information content (AvgIpc) is 2.29. The predicted octanol–water partition coefficient (Wildman–Crippen LogP) is 1.38. The molecule has 0 bridgehead atoms. The van der Waals surface area contributed by atoms with E-state index in [1.807, 2.05) is 13.0 Å². The molecule has 1 N–H and O–H groups in total. The van der Waals surface area contributed by atoms with Gasteiger partial charge in [0, 0.05) is 18.6 Å². The highest BCUT2D eigenvalue weighted by Crippen LogP contribution is 2.02. The lowest BCUT2D eigenvalue weighted by Crippen LogP contribution is -2.28. The zero-order valence-electron chi connectivity index (χ0n) is 9.20. The Morgan fingerprint density at radius 2 is 2.38 bits per heavy atom. The molecule has 0 saturated carbocycles. The van der Waals surface area contributed by atoms with Crippen LogP contribution in [0, 0.1) is 6.92 Å². The van der Waals surface area contributed by atoms with Crippen molar-refractivity contribution in [1.82, 2.24) is 10.3 Å². The van der Waals surface area contributed by atoms with E-state index < -0.39 is 0 Å². The number of halogens is 1. The van der Waals surface area contributed by atoms with E-state index in [1.54, 1.807) is 12.3 Å². The van der Waals surface area contributed by atoms with Crippen molar-refractivity contribution in [3.63, 3.8) is 0 Å². The van der Waals surface area contributed by atoms with Crippen LogP contribution in [-0.2, 0) is 4.74 Å². The fourth-order valence-electron chi connectivity index (χ4n) is 1.20. The summed E-state index contributed by atoms with van der Waals surface area (Å²) in [7, 11) is 0. The summed E-state index contributed by atoms with van der Waals surface area (Å²) in [6, 6.07) is 3.65. The van der Waals surface area contributed by atoms with E-state index in [-0.39, 0.29) is 5.91 Å². The van der Waals surface area contributed by atoms with Gasteiger partial charge in [0.1, 0.15) is 5.69 Å². The van der Waals surface area contributed by atoms with E-state index in [0.29, 0.717) is 31.3 Å². The van der Waals surface area contributed by atoms with Gasteiger partial charge in [-0.05, 0) is 18.6 Å². The molecule has 1 amide bonds. The van der Waals surface area contributed by atoms with Gasteiger partial charge in [-0.25, -0.2) is 0 Å². The average molecular weight is 243 g/mol. The molecule has 0 spiro atoms. The number of ether oxygens (including phenoxy) is 1. The summed E-state index contributed by atoms with van der Waals surface area (Å²) in [4.78, 5) is 15.7. The smallest absolute Gasteiger partial charge is 0.270 e. The number of carbonyl (C=O) groups is 1. The first-order valence-corrected chi connectivity index (χ1v) is 5.62. The van der Waals surface area contributed by atoms with Crippen LogP contribution >= 0.6 is 11.6 Å². The van der Waals surface area contributed by atoms with E-state index in [2.05, 4.69) is 10.3 Å². The summed E-state index contributed by atoms with van der Waals surface area (Å²) in [5.41, 5.74) is 1.32. The third-order valence-electron chi connectivity index (χ3n) is 1.98. The molecule has 0 fully saturated rings. The minimum Gasteiger partial charge on any atom is -0.378 e. The van der Waals surface area contributed by atoms with E-state index in [0.717, 1.165) is 5.56 Å². The molecule has 0 aliphatic rings. The third-order valence-corrected chi connectivity index (χ3v) is 2.13. The molecule has 88 valence electrons. The topological polar surface area (TPSA) is 51.2 Å². The van der Waals surface area contributed by atoms with Gasteiger partial charge in [0.15, 0.2) is 0 Å². The lowest BCUT2D eigenvalue weighted by atomic mass is 10.2. The van der Waals surface area contributed by atoms with E-state index in [1.165, 1.54) is 0 Å². The van der Waals surface area contributed by atoms with Crippen molar-refractivity contribution < 1.29 is 9.53 Å². The van der Waals surface area contributed by atoms with Crippen LogP contribution in [0.2, 0.25) is 0 Å². The summed E-state index contributed by atoms with van der Waals surface area (Å²) < 4.78 is 5.13. The third kappa shape index (κ3) is 4.16. The van der Waals surface area contributed by atoms with Crippen molar-refractivity contribution in [3.8, 4) is 0 Å². The number of aromatic nitrogens is 1. The van der Waals surface area contributed by atoms with Crippen molar-refractivity contribution in [2.75, 3.05) is 25.6 Å². The van der Waals surface area contributed by atoms with Crippen molar-refractivity contribution in [2.24, 2.45) is 0 Å². The van der Waals surface area contributed by atoms with Crippen molar-refractivity contribution >= 4 is 17.5 Å². The number of pyridine rings is 1. The van der Waals surface area contributed by atoms with Crippen LogP contribution in [0.3, 0.4) is 0 Å². The van der Waals surface area contributed by atoms with Gasteiger partial charge in [0.25, 0.3) is 5.91 Å². The number of rotatable bonds is 6. The fourth-order valence-corrected chi connectivity index (χ4v) is 1.31. The molecule has 0 radical (unpaired) electrons. The zero-order chi connectivity index (χ0) is 11.8. The maximum absolute atomic E-state index is 11.6. The van der Waals surface area contributed by atoms with Crippen LogP contribution in [-0.4, -0.2) is 36.5 Å². The Kier molecular flexibility index (Phi) is 5.82. The lowest BCUT2D eigenvalue weighted by Gasteiger charge is -2.06. The number of alkyl halides is 1. The summed E-state index contributed by atoms with van der Waals surface area (Å²) in [6.45, 7) is 3.28. The molecular weight excluding hydrogens is 228 g/mol. The zero-order valence-corrected chi connectivity index (χ0v) is 9.96. The molecular formula is C11H15ClN2O2. The Morgan fingerprint density at radius 3 is 3.06 bits per heavy atom. The first-order chi connectivity index (χ1) is 7.75. The summed E-state index contributed by atoms with van der Waals surface area (Å²) >= 11 is 5.44. The summed E-state index contributed by atoms with van der Waals surface area (Å²) in [5, 5.41) is 2.73. The number of carbonyl (C=O) groups excluding carboxylic acids is 1. The van der Waals surface area contributed by atoms with Gasteiger partial charge in [-0.1, -0.05) is 6.07 Å². The second-order valence-electron chi connectivity index (χ2n) is 3.23. The first kappa shape index (κ1) is 12.9. The minimum absolute atomic E-state index is 0.174. The number of hydrogen-bond donors (Lipinski definition) is 1. The van der Waals surface area contributed by atoms with Gasteiger partial charge in [-0.3, -0.25) is 9.78 Å². The Hall–Kier alpha value is -1.13. The van der Waals surface area contributed by atoms with Crippen molar-refractivity contribution in [3.05, 3.63) is 29.6 Å². The molecule has 1 aromatic rings. The second-order valence-corrected chi connectivity index (χ2v) is 3.60. The molecule has 0 aliphatic carbocycles. The minimum atomic E-state index is -0.174. The molecule has 16 heavy (non-hydrogen) atoms. The monoisotopic (exact) mass is 242 g/mol. The van der Waals surface area contributed by atoms with Gasteiger partial charge < -0.3 is 10.1 Å². The number of nitrogens with one attached hydrogen (secondary N) is 1. The van der Waals surface area contributed by atoms with Crippen molar-refractivity contribution in [2.45, 2.75) is 6.92 Å². The molecule has 0 atom stereocenters. The Labute approximate surface area is 100.0 Å². The van der Waals surface area contributed by atoms with Gasteiger partial charge in [-0.2, -0.15) is 0 Å². The van der Waals surface area contributed by atoms with E-state index in [4.69, 9.17) is 16.3 Å². The summed E-state index contributed by atoms with van der Waals surface area (Å²) in [6.07, 6.45) is 1.60. The van der Waals surface area contributed by atoms with Crippen LogP contribution in [0.15, 0.2) is 18.3 Å². The van der Waals surface area contributed by atoms with E-state index in [9.17, 15) is 4.79 Å². The van der Waals surface area contributed by atoms with Gasteiger partial charge in [-0.15, -0.1) is 11.6 Å². The molecule has 0 aromatic carbocycles. The Bertz CT molecular complexity index is 345. The normalized spacial score (nSPS) is 10.1. The highest BCUT2D eigenvalue weighted by Gasteiger charge is 2.08. The number of amides is 1. The molecule has 5 heteroatoms. The number of hydrogen-bond acceptors (Lipinski definition) is 3. The van der Waals surface area contributed by atoms with Gasteiger partial charge >= 0.3 is 0 Å². The maximum atomic E-state index is 11.6. The Balaban J connectivity index is 2.33. The highest BCUT2D eigenvalue weighted by atomic mass is 35.5. The standard InChI is InChI=1S/C11H15ClN2O2/c1-9-3-2-5-13-10(9)11(15)14-6-8-16-7-4-12/h2-3,5H,4,6-8H2,1H3,(H,14,15). The van der Waals surface area contributed by atoms with Crippen LogP contribution in [0.25, 0.3) is 0 Å². The maximum Gasteiger partial charge on any atom is 0.270 e. The Morgan fingerprint density at radius 1 is 1.56 bits per heavy atom. The van der Waals surface area contributed by atoms with Gasteiger partial charge in [0.2, 0.25) is 0 Å². The molecule has 1 heterocycles. The molecule has 1 rings (SSSR count). The van der Waals surface area contributed by atoms with Crippen molar-refractivity contribution in [1.29, 1.82) is 0 Å². The predicted molar refractivity (Wildman–Crippen MR) is 62.8 cm³/mol. The first-order valence-electron chi connectivity index (χ1n) is 5.09. The van der Waals surface area contributed by atoms with Crippen LogP contribution in [0.1, 0.15) is 16.1 Å². The molecule has 0 unspecified atom stereocenters. The van der Waals surface area contributed by atoms with Crippen LogP contribution < -0.4 is 5.32 Å².